The van der Waals surface area contributed by atoms with E-state index in [9.17, 15) is 5.11 Å². The van der Waals surface area contributed by atoms with E-state index in [0.29, 0.717) is 6.42 Å². The molecular formula is C20H26N2O. The Hall–Kier alpha value is -1.71. The van der Waals surface area contributed by atoms with Crippen molar-refractivity contribution in [3.05, 3.63) is 65.5 Å². The number of likely N-dealkylation sites (tertiary alicyclic amines) is 1. The molecule has 3 rings (SSSR count). The van der Waals surface area contributed by atoms with E-state index in [1.54, 1.807) is 12.4 Å². The summed E-state index contributed by atoms with van der Waals surface area (Å²) in [4.78, 5) is 6.66. The van der Waals surface area contributed by atoms with Crippen LogP contribution in [0.2, 0.25) is 0 Å². The maximum absolute atomic E-state index is 11.5. The van der Waals surface area contributed by atoms with Gasteiger partial charge in [0.25, 0.3) is 0 Å². The second-order valence-electron chi connectivity index (χ2n) is 6.45. The fourth-order valence-electron chi connectivity index (χ4n) is 3.41. The fourth-order valence-corrected chi connectivity index (χ4v) is 3.41. The zero-order valence-corrected chi connectivity index (χ0v) is 13.9. The highest BCUT2D eigenvalue weighted by Gasteiger charge is 2.32. The highest BCUT2D eigenvalue weighted by molar-refractivity contribution is 5.36. The predicted molar refractivity (Wildman–Crippen MR) is 93.3 cm³/mol. The number of aliphatic hydroxyl groups is 1. The molecule has 3 nitrogen and oxygen atoms in total. The smallest absolute Gasteiger partial charge is 0.117 e. The second-order valence-corrected chi connectivity index (χ2v) is 6.45. The molecule has 23 heavy (non-hydrogen) atoms. The third kappa shape index (κ3) is 3.62. The van der Waals surface area contributed by atoms with E-state index < -0.39 is 5.60 Å². The number of aryl methyl sites for hydroxylation is 1. The number of pyridine rings is 1. The molecule has 0 bridgehead atoms. The van der Waals surface area contributed by atoms with Crippen molar-refractivity contribution < 1.29 is 5.11 Å². The van der Waals surface area contributed by atoms with Gasteiger partial charge in [-0.2, -0.15) is 0 Å². The Labute approximate surface area is 139 Å². The molecule has 1 aliphatic heterocycles. The van der Waals surface area contributed by atoms with Crippen molar-refractivity contribution in [3.8, 4) is 0 Å². The summed E-state index contributed by atoms with van der Waals surface area (Å²) in [7, 11) is 0. The van der Waals surface area contributed by atoms with E-state index in [0.717, 1.165) is 37.2 Å². The Morgan fingerprint density at radius 1 is 1.09 bits per heavy atom. The summed E-state index contributed by atoms with van der Waals surface area (Å²) in [5, 5.41) is 11.5. The number of benzene rings is 1. The van der Waals surface area contributed by atoms with Crippen LogP contribution in [-0.4, -0.2) is 34.6 Å². The first-order chi connectivity index (χ1) is 11.2. The Bertz CT molecular complexity index is 605. The molecule has 0 amide bonds. The molecule has 2 heterocycles. The maximum Gasteiger partial charge on any atom is 0.117 e. The molecule has 1 unspecified atom stereocenters. The lowest BCUT2D eigenvalue weighted by atomic mass is 9.84. The largest absolute Gasteiger partial charge is 0.380 e. The molecule has 1 saturated heterocycles. The summed E-state index contributed by atoms with van der Waals surface area (Å²) < 4.78 is 0. The van der Waals surface area contributed by atoms with Gasteiger partial charge in [0, 0.05) is 24.5 Å². The first kappa shape index (κ1) is 16.2. The maximum atomic E-state index is 11.5. The van der Waals surface area contributed by atoms with Crippen LogP contribution in [0.4, 0.5) is 0 Å². The Morgan fingerprint density at radius 3 is 2.43 bits per heavy atom. The van der Waals surface area contributed by atoms with Crippen molar-refractivity contribution >= 4 is 0 Å². The number of hydrogen-bond acceptors (Lipinski definition) is 3. The van der Waals surface area contributed by atoms with Gasteiger partial charge in [0.15, 0.2) is 0 Å². The molecule has 0 spiro atoms. The van der Waals surface area contributed by atoms with Gasteiger partial charge in [-0.15, -0.1) is 0 Å². The van der Waals surface area contributed by atoms with Crippen molar-refractivity contribution in [2.75, 3.05) is 19.6 Å². The third-order valence-electron chi connectivity index (χ3n) is 4.97. The molecule has 0 aliphatic carbocycles. The lowest BCUT2D eigenvalue weighted by Crippen LogP contribution is -2.33. The lowest BCUT2D eigenvalue weighted by Gasteiger charge is -2.31. The van der Waals surface area contributed by atoms with Gasteiger partial charge in [-0.25, -0.2) is 0 Å². The van der Waals surface area contributed by atoms with E-state index in [4.69, 9.17) is 0 Å². The van der Waals surface area contributed by atoms with E-state index in [2.05, 4.69) is 41.1 Å². The quantitative estimate of drug-likeness (QED) is 0.889. The van der Waals surface area contributed by atoms with Crippen LogP contribution in [0, 0.1) is 0 Å². The predicted octanol–water partition coefficient (Wildman–Crippen LogP) is 3.37. The van der Waals surface area contributed by atoms with Gasteiger partial charge < -0.3 is 10.0 Å². The number of nitrogens with zero attached hydrogens (tertiary/aromatic N) is 2. The van der Waals surface area contributed by atoms with Crippen molar-refractivity contribution in [1.82, 2.24) is 9.88 Å². The normalized spacial score (nSPS) is 18.0. The van der Waals surface area contributed by atoms with Gasteiger partial charge in [-0.05, 0) is 56.0 Å². The minimum Gasteiger partial charge on any atom is -0.380 e. The highest BCUT2D eigenvalue weighted by atomic mass is 16.3. The molecule has 1 aromatic carbocycles. The van der Waals surface area contributed by atoms with Gasteiger partial charge >= 0.3 is 0 Å². The Morgan fingerprint density at radius 2 is 1.83 bits per heavy atom. The molecule has 1 fully saturated rings. The standard InChI is InChI=1S/C20H26N2O/c1-2-17-7-9-18(10-8-17)20(23,19-6-5-12-21-16-19)11-15-22-13-3-4-14-22/h5-10,12,16,23H,2-4,11,13-15H2,1H3. The van der Waals surface area contributed by atoms with Gasteiger partial charge in [0.05, 0.1) is 0 Å². The molecule has 1 N–H and O–H groups in total. The zero-order valence-electron chi connectivity index (χ0n) is 13.9. The van der Waals surface area contributed by atoms with Crippen LogP contribution in [0.25, 0.3) is 0 Å². The van der Waals surface area contributed by atoms with Crippen LogP contribution in [0.3, 0.4) is 0 Å². The van der Waals surface area contributed by atoms with Crippen LogP contribution in [0.5, 0.6) is 0 Å². The zero-order chi connectivity index (χ0) is 16.1. The fraction of sp³-hybridized carbons (Fsp3) is 0.450. The SMILES string of the molecule is CCc1ccc(C(O)(CCN2CCCC2)c2cccnc2)cc1. The lowest BCUT2D eigenvalue weighted by molar-refractivity contribution is 0.0599. The van der Waals surface area contributed by atoms with Crippen LogP contribution in [-0.2, 0) is 12.0 Å². The van der Waals surface area contributed by atoms with Gasteiger partial charge in [0.2, 0.25) is 0 Å². The average Bonchev–Trinajstić information content (AvgIpc) is 3.14. The molecule has 122 valence electrons. The van der Waals surface area contributed by atoms with E-state index in [1.807, 2.05) is 12.1 Å². The van der Waals surface area contributed by atoms with Crippen molar-refractivity contribution in [3.63, 3.8) is 0 Å². The average molecular weight is 310 g/mol. The van der Waals surface area contributed by atoms with Crippen molar-refractivity contribution in [2.45, 2.75) is 38.2 Å². The second kappa shape index (κ2) is 7.24. The Balaban J connectivity index is 1.88. The summed E-state index contributed by atoms with van der Waals surface area (Å²) in [5.41, 5.74) is 2.16. The first-order valence-corrected chi connectivity index (χ1v) is 8.67. The number of aromatic nitrogens is 1. The monoisotopic (exact) mass is 310 g/mol. The molecule has 2 aromatic rings. The topological polar surface area (TPSA) is 36.4 Å². The number of hydrogen-bond donors (Lipinski definition) is 1. The summed E-state index contributed by atoms with van der Waals surface area (Å²) in [6.45, 7) is 5.37. The molecule has 1 atom stereocenters. The number of rotatable bonds is 6. The third-order valence-corrected chi connectivity index (χ3v) is 4.97. The molecular weight excluding hydrogens is 284 g/mol. The Kier molecular flexibility index (Phi) is 5.09. The first-order valence-electron chi connectivity index (χ1n) is 8.67. The summed E-state index contributed by atoms with van der Waals surface area (Å²) in [6, 6.07) is 12.2. The summed E-state index contributed by atoms with van der Waals surface area (Å²) in [5.74, 6) is 0. The van der Waals surface area contributed by atoms with E-state index in [1.165, 1.54) is 18.4 Å². The van der Waals surface area contributed by atoms with E-state index in [-0.39, 0.29) is 0 Å². The summed E-state index contributed by atoms with van der Waals surface area (Å²) >= 11 is 0. The van der Waals surface area contributed by atoms with Crippen LogP contribution >= 0.6 is 0 Å². The highest BCUT2D eigenvalue weighted by Crippen LogP contribution is 2.33. The van der Waals surface area contributed by atoms with Crippen molar-refractivity contribution in [2.24, 2.45) is 0 Å². The van der Waals surface area contributed by atoms with Gasteiger partial charge in [-0.3, -0.25) is 4.98 Å². The van der Waals surface area contributed by atoms with Crippen LogP contribution < -0.4 is 0 Å². The minimum atomic E-state index is -0.969. The molecule has 3 heteroatoms. The van der Waals surface area contributed by atoms with Gasteiger partial charge in [0.1, 0.15) is 5.60 Å². The summed E-state index contributed by atoms with van der Waals surface area (Å²) in [6.07, 6.45) is 7.80. The molecule has 0 saturated carbocycles. The molecule has 1 aliphatic rings. The molecule has 1 aromatic heterocycles. The van der Waals surface area contributed by atoms with E-state index >= 15 is 0 Å². The molecule has 0 radical (unpaired) electrons. The minimum absolute atomic E-state index is 0.699. The van der Waals surface area contributed by atoms with Gasteiger partial charge in [-0.1, -0.05) is 37.3 Å². The van der Waals surface area contributed by atoms with Crippen LogP contribution in [0.1, 0.15) is 42.9 Å². The van der Waals surface area contributed by atoms with Crippen LogP contribution in [0.15, 0.2) is 48.8 Å². The van der Waals surface area contributed by atoms with Crippen molar-refractivity contribution in [1.29, 1.82) is 0 Å².